The fourth-order valence-electron chi connectivity index (χ4n) is 3.20. The number of nitrogens with one attached hydrogen (secondary N) is 2. The van der Waals surface area contributed by atoms with E-state index in [1.54, 1.807) is 12.1 Å². The van der Waals surface area contributed by atoms with Gasteiger partial charge in [-0.1, -0.05) is 19.8 Å². The van der Waals surface area contributed by atoms with Gasteiger partial charge in [0.1, 0.15) is 10.8 Å². The third kappa shape index (κ3) is 5.83. The number of carbonyl (C=O) groups excluding carboxylic acids is 3. The van der Waals surface area contributed by atoms with Gasteiger partial charge in [0.2, 0.25) is 0 Å². The molecule has 0 unspecified atom stereocenters. The molecule has 9 heteroatoms. The first kappa shape index (κ1) is 20.9. The first-order valence-electron chi connectivity index (χ1n) is 9.41. The predicted octanol–water partition coefficient (Wildman–Crippen LogP) is 3.51. The first-order chi connectivity index (χ1) is 13.9. The first-order valence-corrected chi connectivity index (χ1v) is 10.3. The molecule has 0 radical (unpaired) electrons. The minimum atomic E-state index is -0.772. The van der Waals surface area contributed by atoms with E-state index in [0.29, 0.717) is 16.5 Å². The van der Waals surface area contributed by atoms with Crippen molar-refractivity contribution in [2.24, 2.45) is 5.92 Å². The van der Waals surface area contributed by atoms with Crippen LogP contribution in [-0.2, 0) is 9.53 Å². The number of benzene rings is 1. The molecule has 1 aromatic heterocycles. The molecule has 7 nitrogen and oxygen atoms in total. The van der Waals surface area contributed by atoms with Crippen molar-refractivity contribution in [3.05, 3.63) is 41.2 Å². The fraction of sp³-hybridized carbons (Fsp3) is 0.400. The highest BCUT2D eigenvalue weighted by molar-refractivity contribution is 7.13. The molecule has 3 rings (SSSR count). The third-order valence-corrected chi connectivity index (χ3v) is 5.71. The Kier molecular flexibility index (Phi) is 6.92. The van der Waals surface area contributed by atoms with Crippen LogP contribution in [0, 0.1) is 11.7 Å². The highest BCUT2D eigenvalue weighted by atomic mass is 32.1. The Balaban J connectivity index is 1.45. The van der Waals surface area contributed by atoms with E-state index in [0.717, 1.165) is 25.7 Å². The van der Waals surface area contributed by atoms with Gasteiger partial charge in [-0.2, -0.15) is 0 Å². The normalized spacial score (nSPS) is 18.7. The number of esters is 1. The van der Waals surface area contributed by atoms with Crippen LogP contribution < -0.4 is 10.6 Å². The van der Waals surface area contributed by atoms with Crippen LogP contribution in [0.3, 0.4) is 0 Å². The van der Waals surface area contributed by atoms with Crippen LogP contribution in [0.2, 0.25) is 0 Å². The average molecular weight is 419 g/mol. The molecular formula is C20H22FN3O4S. The van der Waals surface area contributed by atoms with Crippen LogP contribution in [0.15, 0.2) is 29.6 Å². The molecule has 0 saturated heterocycles. The molecule has 1 aliphatic carbocycles. The quantitative estimate of drug-likeness (QED) is 0.723. The molecule has 1 heterocycles. The Bertz CT molecular complexity index is 884. The Morgan fingerprint density at radius 1 is 1.21 bits per heavy atom. The number of amides is 3. The van der Waals surface area contributed by atoms with Crippen LogP contribution in [-0.4, -0.2) is 35.5 Å². The van der Waals surface area contributed by atoms with Crippen LogP contribution in [0.1, 0.15) is 43.1 Å². The molecule has 2 atom stereocenters. The molecule has 0 spiro atoms. The van der Waals surface area contributed by atoms with Gasteiger partial charge in [-0.25, -0.2) is 19.0 Å². The van der Waals surface area contributed by atoms with E-state index in [2.05, 4.69) is 22.5 Å². The smallest absolute Gasteiger partial charge is 0.358 e. The Morgan fingerprint density at radius 2 is 1.93 bits per heavy atom. The molecule has 0 aliphatic heterocycles. The minimum absolute atomic E-state index is 0.0407. The lowest BCUT2D eigenvalue weighted by Crippen LogP contribution is -2.48. The summed E-state index contributed by atoms with van der Waals surface area (Å²) in [5.74, 6) is -1.49. The van der Waals surface area contributed by atoms with Crippen LogP contribution in [0.5, 0.6) is 0 Å². The van der Waals surface area contributed by atoms with Crippen molar-refractivity contribution in [1.82, 2.24) is 15.6 Å². The van der Waals surface area contributed by atoms with E-state index in [4.69, 9.17) is 4.74 Å². The van der Waals surface area contributed by atoms with E-state index in [-0.39, 0.29) is 17.6 Å². The van der Waals surface area contributed by atoms with Gasteiger partial charge in [-0.05, 0) is 43.0 Å². The van der Waals surface area contributed by atoms with Crippen molar-refractivity contribution in [2.45, 2.75) is 38.6 Å². The van der Waals surface area contributed by atoms with Crippen LogP contribution in [0.4, 0.5) is 9.18 Å². The number of nitrogens with zero attached hydrogens (tertiary/aromatic N) is 1. The van der Waals surface area contributed by atoms with Crippen molar-refractivity contribution in [1.29, 1.82) is 0 Å². The monoisotopic (exact) mass is 419 g/mol. The number of imide groups is 1. The van der Waals surface area contributed by atoms with Crippen molar-refractivity contribution < 1.29 is 23.5 Å². The van der Waals surface area contributed by atoms with Crippen LogP contribution >= 0.6 is 11.3 Å². The van der Waals surface area contributed by atoms with Crippen LogP contribution in [0.25, 0.3) is 10.6 Å². The number of carbonyl (C=O) groups is 3. The number of hydrogen-bond donors (Lipinski definition) is 2. The maximum atomic E-state index is 13.0. The summed E-state index contributed by atoms with van der Waals surface area (Å²) in [5, 5.41) is 6.99. The van der Waals surface area contributed by atoms with Crippen molar-refractivity contribution >= 4 is 29.2 Å². The number of rotatable bonds is 5. The summed E-state index contributed by atoms with van der Waals surface area (Å²) in [6.45, 7) is 1.48. The molecule has 2 aromatic rings. The molecule has 3 amide bonds. The number of halogens is 1. The second-order valence-electron chi connectivity index (χ2n) is 7.01. The zero-order valence-electron chi connectivity index (χ0n) is 15.9. The van der Waals surface area contributed by atoms with Gasteiger partial charge < -0.3 is 10.1 Å². The lowest BCUT2D eigenvalue weighted by atomic mass is 9.86. The zero-order valence-corrected chi connectivity index (χ0v) is 16.8. The summed E-state index contributed by atoms with van der Waals surface area (Å²) in [5.41, 5.74) is 0.712. The molecule has 0 bridgehead atoms. The molecule has 1 aromatic carbocycles. The summed E-state index contributed by atoms with van der Waals surface area (Å²) >= 11 is 1.20. The number of ether oxygens (including phenoxy) is 1. The Labute approximate surface area is 171 Å². The third-order valence-electron chi connectivity index (χ3n) is 4.82. The maximum absolute atomic E-state index is 13.0. The van der Waals surface area contributed by atoms with E-state index in [1.807, 2.05) is 0 Å². The fourth-order valence-corrected chi connectivity index (χ4v) is 3.99. The zero-order chi connectivity index (χ0) is 20.8. The van der Waals surface area contributed by atoms with Crippen molar-refractivity contribution in [3.63, 3.8) is 0 Å². The van der Waals surface area contributed by atoms with E-state index in [1.165, 1.54) is 28.8 Å². The average Bonchev–Trinajstić information content (AvgIpc) is 3.19. The van der Waals surface area contributed by atoms with Gasteiger partial charge in [0, 0.05) is 17.0 Å². The van der Waals surface area contributed by atoms with Crippen molar-refractivity contribution in [2.75, 3.05) is 6.61 Å². The van der Waals surface area contributed by atoms with Gasteiger partial charge in [0.05, 0.1) is 0 Å². The van der Waals surface area contributed by atoms with Gasteiger partial charge in [0.25, 0.3) is 5.91 Å². The molecule has 2 N–H and O–H groups in total. The Hall–Kier alpha value is -2.81. The summed E-state index contributed by atoms with van der Waals surface area (Å²) < 4.78 is 17.9. The topological polar surface area (TPSA) is 97.4 Å². The molecule has 29 heavy (non-hydrogen) atoms. The minimum Gasteiger partial charge on any atom is -0.451 e. The SMILES string of the molecule is C[C@@H]1CCCC[C@@H]1NC(=O)NC(=O)COC(=O)c1csc(-c2ccc(F)cc2)n1. The van der Waals surface area contributed by atoms with E-state index >= 15 is 0 Å². The highest BCUT2D eigenvalue weighted by Crippen LogP contribution is 2.24. The van der Waals surface area contributed by atoms with E-state index in [9.17, 15) is 18.8 Å². The second kappa shape index (κ2) is 9.60. The Morgan fingerprint density at radius 3 is 2.66 bits per heavy atom. The number of hydrogen-bond acceptors (Lipinski definition) is 6. The molecule has 154 valence electrons. The number of aromatic nitrogens is 1. The number of thiazole rings is 1. The van der Waals surface area contributed by atoms with E-state index < -0.39 is 24.5 Å². The molecule has 1 fully saturated rings. The largest absolute Gasteiger partial charge is 0.451 e. The lowest BCUT2D eigenvalue weighted by Gasteiger charge is -2.29. The summed E-state index contributed by atoms with van der Waals surface area (Å²) in [6.07, 6.45) is 4.13. The van der Waals surface area contributed by atoms with Gasteiger partial charge >= 0.3 is 12.0 Å². The van der Waals surface area contributed by atoms with Crippen molar-refractivity contribution in [3.8, 4) is 10.6 Å². The summed E-state index contributed by atoms with van der Waals surface area (Å²) in [7, 11) is 0. The molecule has 1 aliphatic rings. The lowest BCUT2D eigenvalue weighted by molar-refractivity contribution is -0.123. The van der Waals surface area contributed by atoms with Gasteiger partial charge in [0.15, 0.2) is 12.3 Å². The molecular weight excluding hydrogens is 397 g/mol. The van der Waals surface area contributed by atoms with Gasteiger partial charge in [-0.15, -0.1) is 11.3 Å². The standard InChI is InChI=1S/C20H22FN3O4S/c1-12-4-2-3-5-15(12)23-20(27)24-17(25)10-28-19(26)16-11-29-18(22-16)13-6-8-14(21)9-7-13/h6-9,11-12,15H,2-5,10H2,1H3,(H2,23,24,25,27)/t12-,15+/m1/s1. The summed E-state index contributed by atoms with van der Waals surface area (Å²) in [4.78, 5) is 40.0. The molecule has 1 saturated carbocycles. The maximum Gasteiger partial charge on any atom is 0.358 e. The second-order valence-corrected chi connectivity index (χ2v) is 7.87. The van der Waals surface area contributed by atoms with Gasteiger partial charge in [-0.3, -0.25) is 10.1 Å². The number of urea groups is 1. The summed E-state index contributed by atoms with van der Waals surface area (Å²) in [6, 6.07) is 5.18. The predicted molar refractivity (Wildman–Crippen MR) is 106 cm³/mol. The highest BCUT2D eigenvalue weighted by Gasteiger charge is 2.23.